The second-order valence-electron chi connectivity index (χ2n) is 5.79. The lowest BCUT2D eigenvalue weighted by molar-refractivity contribution is -0.358. The van der Waals surface area contributed by atoms with Gasteiger partial charge in [0.2, 0.25) is 11.7 Å². The van der Waals surface area contributed by atoms with Gasteiger partial charge in [-0.2, -0.15) is 4.98 Å². The van der Waals surface area contributed by atoms with E-state index >= 15 is 0 Å². The summed E-state index contributed by atoms with van der Waals surface area (Å²) in [7, 11) is 1.61. The number of aromatic amines is 2. The van der Waals surface area contributed by atoms with Crippen molar-refractivity contribution in [2.75, 3.05) is 12.4 Å². The van der Waals surface area contributed by atoms with Crippen molar-refractivity contribution in [1.29, 1.82) is 0 Å². The Morgan fingerprint density at radius 2 is 2.23 bits per heavy atom. The molecule has 26 heavy (non-hydrogen) atoms. The fraction of sp³-hybridized carbons (Fsp3) is 0.105. The molecule has 0 spiro atoms. The summed E-state index contributed by atoms with van der Waals surface area (Å²) in [4.78, 5) is 23.3. The van der Waals surface area contributed by atoms with Crippen LogP contribution in [0.25, 0.3) is 21.9 Å². The number of carbonyl (C=O) groups is 1. The highest BCUT2D eigenvalue weighted by Gasteiger charge is 2.13. The van der Waals surface area contributed by atoms with E-state index in [-0.39, 0.29) is 12.3 Å². The van der Waals surface area contributed by atoms with Gasteiger partial charge in [0.15, 0.2) is 6.20 Å². The Morgan fingerprint density at radius 1 is 1.31 bits per heavy atom. The number of imidazole rings is 1. The monoisotopic (exact) mass is 365 g/mol. The molecule has 0 radical (unpaired) electrons. The molecule has 0 bridgehead atoms. The number of benzene rings is 2. The zero-order chi connectivity index (χ0) is 17.9. The molecule has 2 aromatic heterocycles. The fourth-order valence-corrected chi connectivity index (χ4v) is 3.35. The maximum Gasteiger partial charge on any atom is 0.303 e. The molecule has 6 nitrogen and oxygen atoms in total. The first kappa shape index (κ1) is 16.3. The van der Waals surface area contributed by atoms with Crippen LogP contribution in [0.3, 0.4) is 0 Å². The average Bonchev–Trinajstić information content (AvgIpc) is 3.30. The summed E-state index contributed by atoms with van der Waals surface area (Å²) >= 11 is 1.58. The van der Waals surface area contributed by atoms with Crippen LogP contribution in [0.5, 0.6) is 5.75 Å². The Morgan fingerprint density at radius 3 is 3.04 bits per heavy atom. The Bertz CT molecular complexity index is 1060. The van der Waals surface area contributed by atoms with E-state index in [1.807, 2.05) is 54.0 Å². The van der Waals surface area contributed by atoms with Gasteiger partial charge in [-0.25, -0.2) is 4.98 Å². The minimum absolute atomic E-state index is 0.0797. The molecule has 7 heteroatoms. The number of anilines is 1. The summed E-state index contributed by atoms with van der Waals surface area (Å²) in [5.74, 6) is 1.45. The number of amides is 1. The third kappa shape index (κ3) is 3.43. The van der Waals surface area contributed by atoms with Crippen molar-refractivity contribution in [2.45, 2.75) is 6.42 Å². The first-order chi connectivity index (χ1) is 12.7. The Hall–Kier alpha value is -3.19. The number of nitrogens with zero attached hydrogens (tertiary/aromatic N) is 1. The first-order valence-corrected chi connectivity index (χ1v) is 8.97. The van der Waals surface area contributed by atoms with Crippen molar-refractivity contribution in [3.63, 3.8) is 0 Å². The zero-order valence-corrected chi connectivity index (χ0v) is 14.9. The van der Waals surface area contributed by atoms with Crippen LogP contribution in [0.1, 0.15) is 5.56 Å². The molecule has 0 aliphatic heterocycles. The normalized spacial score (nSPS) is 10.8. The molecule has 0 atom stereocenters. The highest BCUT2D eigenvalue weighted by Crippen LogP contribution is 2.23. The molecular weight excluding hydrogens is 348 g/mol. The van der Waals surface area contributed by atoms with Crippen LogP contribution in [-0.4, -0.2) is 23.0 Å². The van der Waals surface area contributed by atoms with Crippen LogP contribution in [0.2, 0.25) is 0 Å². The number of ether oxygens (including phenoxy) is 1. The number of H-pyrrole nitrogens is 2. The van der Waals surface area contributed by atoms with Gasteiger partial charge in [0.1, 0.15) is 5.75 Å². The van der Waals surface area contributed by atoms with E-state index in [9.17, 15) is 4.79 Å². The Labute approximate surface area is 153 Å². The first-order valence-electron chi connectivity index (χ1n) is 8.09. The van der Waals surface area contributed by atoms with Crippen LogP contribution < -0.4 is 15.0 Å². The average molecular weight is 365 g/mol. The molecule has 4 rings (SSSR count). The van der Waals surface area contributed by atoms with E-state index in [2.05, 4.69) is 20.3 Å². The maximum absolute atomic E-state index is 12.3. The van der Waals surface area contributed by atoms with E-state index < -0.39 is 0 Å². The molecule has 0 fully saturated rings. The molecule has 2 heterocycles. The summed E-state index contributed by atoms with van der Waals surface area (Å²) in [5, 5.41) is 5.86. The zero-order valence-electron chi connectivity index (χ0n) is 14.1. The van der Waals surface area contributed by atoms with Crippen LogP contribution in [0.15, 0.2) is 54.0 Å². The van der Waals surface area contributed by atoms with Crippen molar-refractivity contribution < 1.29 is 14.5 Å². The van der Waals surface area contributed by atoms with Crippen LogP contribution in [-0.2, 0) is 11.2 Å². The molecule has 0 saturated carbocycles. The number of hydrogen-bond acceptors (Lipinski definition) is 4. The van der Waals surface area contributed by atoms with E-state index in [0.717, 1.165) is 38.9 Å². The summed E-state index contributed by atoms with van der Waals surface area (Å²) in [6.45, 7) is 0. The third-order valence-corrected chi connectivity index (χ3v) is 4.77. The predicted molar refractivity (Wildman–Crippen MR) is 101 cm³/mol. The lowest BCUT2D eigenvalue weighted by Crippen LogP contribution is -2.14. The summed E-state index contributed by atoms with van der Waals surface area (Å²) in [5.41, 5.74) is 3.37. The molecule has 4 aromatic rings. The smallest absolute Gasteiger partial charge is 0.303 e. The number of fused-ring (bicyclic) bond motifs is 1. The van der Waals surface area contributed by atoms with Gasteiger partial charge in [-0.05, 0) is 35.9 Å². The van der Waals surface area contributed by atoms with Gasteiger partial charge in [-0.1, -0.05) is 23.5 Å². The van der Waals surface area contributed by atoms with Gasteiger partial charge < -0.3 is 15.0 Å². The largest absolute Gasteiger partial charge is 0.497 e. The number of carbonyl (C=O) groups excluding carboxylic acids is 1. The lowest BCUT2D eigenvalue weighted by atomic mass is 10.1. The van der Waals surface area contributed by atoms with Crippen LogP contribution in [0, 0.1) is 0 Å². The second kappa shape index (κ2) is 6.97. The quantitative estimate of drug-likeness (QED) is 0.569. The SMILES string of the molecule is COc1cccc(CC(=O)Nc2ccc3nc(-c4[nH+]ccs4)[nH]c3c2)c1. The van der Waals surface area contributed by atoms with E-state index in [0.29, 0.717) is 0 Å². The topological polar surface area (TPSA) is 81.2 Å². The highest BCUT2D eigenvalue weighted by molar-refractivity contribution is 7.12. The van der Waals surface area contributed by atoms with Gasteiger partial charge in [0.25, 0.3) is 0 Å². The van der Waals surface area contributed by atoms with Crippen molar-refractivity contribution in [3.05, 3.63) is 59.6 Å². The maximum atomic E-state index is 12.3. The van der Waals surface area contributed by atoms with E-state index in [1.54, 1.807) is 18.4 Å². The van der Waals surface area contributed by atoms with Gasteiger partial charge in [-0.3, -0.25) is 4.79 Å². The molecule has 3 N–H and O–H groups in total. The molecule has 2 aromatic carbocycles. The lowest BCUT2D eigenvalue weighted by Gasteiger charge is -2.06. The van der Waals surface area contributed by atoms with Crippen molar-refractivity contribution in [3.8, 4) is 16.6 Å². The summed E-state index contributed by atoms with van der Waals surface area (Å²) in [6.07, 6.45) is 2.16. The molecular formula is C19H17N4O2S+. The minimum atomic E-state index is -0.0797. The molecule has 0 aliphatic rings. The standard InChI is InChI=1S/C19H16N4O2S/c1-25-14-4-2-3-12(9-14)10-17(24)21-13-5-6-15-16(11-13)23-18(22-15)19-20-7-8-26-19/h2-9,11H,10H2,1H3,(H,21,24)(H,22,23)/p+1. The van der Waals surface area contributed by atoms with Crippen molar-refractivity contribution in [2.24, 2.45) is 0 Å². The molecule has 1 amide bonds. The Kier molecular flexibility index (Phi) is 4.37. The molecule has 0 aliphatic carbocycles. The number of nitrogens with one attached hydrogen (secondary N) is 3. The molecule has 0 saturated heterocycles. The van der Waals surface area contributed by atoms with Gasteiger partial charge >= 0.3 is 5.01 Å². The minimum Gasteiger partial charge on any atom is -0.497 e. The van der Waals surface area contributed by atoms with Crippen molar-refractivity contribution >= 4 is 34.0 Å². The highest BCUT2D eigenvalue weighted by atomic mass is 32.1. The molecule has 130 valence electrons. The summed E-state index contributed by atoms with van der Waals surface area (Å²) < 4.78 is 5.19. The van der Waals surface area contributed by atoms with E-state index in [1.165, 1.54) is 0 Å². The summed E-state index contributed by atoms with van der Waals surface area (Å²) in [6, 6.07) is 13.1. The predicted octanol–water partition coefficient (Wildman–Crippen LogP) is 3.30. The fourth-order valence-electron chi connectivity index (χ4n) is 2.74. The number of rotatable bonds is 5. The number of thiazole rings is 1. The third-order valence-electron chi connectivity index (χ3n) is 3.95. The van der Waals surface area contributed by atoms with Crippen LogP contribution in [0.4, 0.5) is 5.69 Å². The van der Waals surface area contributed by atoms with Gasteiger partial charge in [0, 0.05) is 5.69 Å². The van der Waals surface area contributed by atoms with Crippen molar-refractivity contribution in [1.82, 2.24) is 9.97 Å². The van der Waals surface area contributed by atoms with Crippen LogP contribution >= 0.6 is 11.3 Å². The number of methoxy groups -OCH3 is 1. The van der Waals surface area contributed by atoms with Gasteiger partial charge in [0.05, 0.1) is 29.9 Å². The molecule has 0 unspecified atom stereocenters. The Balaban J connectivity index is 1.50. The second-order valence-corrected chi connectivity index (χ2v) is 6.70. The number of hydrogen-bond donors (Lipinski definition) is 2. The number of aromatic nitrogens is 3. The van der Waals surface area contributed by atoms with E-state index in [4.69, 9.17) is 4.74 Å². The van der Waals surface area contributed by atoms with Gasteiger partial charge in [-0.15, -0.1) is 0 Å².